The maximum absolute atomic E-state index is 10.8. The number of rotatable bonds is 6. The molecule has 0 saturated heterocycles. The van der Waals surface area contributed by atoms with E-state index < -0.39 is 6.23 Å². The fraction of sp³-hybridized carbons (Fsp3) is 0.407. The molecule has 4 heteroatoms. The van der Waals surface area contributed by atoms with Gasteiger partial charge in [-0.3, -0.25) is 0 Å². The normalized spacial score (nSPS) is 16.9. The lowest BCUT2D eigenvalue weighted by Crippen LogP contribution is -2.25. The molecule has 3 aromatic rings. The van der Waals surface area contributed by atoms with Gasteiger partial charge in [0.15, 0.2) is 0 Å². The van der Waals surface area contributed by atoms with Crippen LogP contribution in [0.4, 0.5) is 5.82 Å². The molecule has 160 valence electrons. The van der Waals surface area contributed by atoms with Crippen molar-refractivity contribution in [2.75, 3.05) is 5.32 Å². The second-order valence-electron chi connectivity index (χ2n) is 9.03. The quantitative estimate of drug-likeness (QED) is 0.536. The van der Waals surface area contributed by atoms with Crippen LogP contribution in [-0.2, 0) is 25.7 Å². The third-order valence-electron chi connectivity index (χ3n) is 6.73. The summed E-state index contributed by atoms with van der Waals surface area (Å²) in [4.78, 5) is 10.2. The number of anilines is 1. The Kier molecular flexibility index (Phi) is 5.99. The number of hydrogen-bond donors (Lipinski definition) is 2. The second-order valence-corrected chi connectivity index (χ2v) is 9.03. The maximum Gasteiger partial charge on any atom is 0.150 e. The van der Waals surface area contributed by atoms with Gasteiger partial charge in [-0.25, -0.2) is 9.97 Å². The molecule has 2 aliphatic carbocycles. The second kappa shape index (κ2) is 9.19. The Morgan fingerprint density at radius 3 is 2.52 bits per heavy atom. The molecule has 1 saturated carbocycles. The van der Waals surface area contributed by atoms with Crippen molar-refractivity contribution in [2.24, 2.45) is 5.92 Å². The zero-order valence-corrected chi connectivity index (χ0v) is 18.1. The Labute approximate surface area is 184 Å². The molecule has 0 aliphatic heterocycles. The van der Waals surface area contributed by atoms with Gasteiger partial charge in [-0.2, -0.15) is 0 Å². The van der Waals surface area contributed by atoms with E-state index in [2.05, 4.69) is 29.6 Å². The lowest BCUT2D eigenvalue weighted by molar-refractivity contribution is 0.203. The summed E-state index contributed by atoms with van der Waals surface area (Å²) in [5.74, 6) is 1.43. The first-order chi connectivity index (χ1) is 15.3. The Morgan fingerprint density at radius 2 is 1.68 bits per heavy atom. The van der Waals surface area contributed by atoms with Crippen LogP contribution in [0.25, 0.3) is 11.3 Å². The summed E-state index contributed by atoms with van der Waals surface area (Å²) in [6.45, 7) is 0. The summed E-state index contributed by atoms with van der Waals surface area (Å²) in [6, 6.07) is 18.7. The lowest BCUT2D eigenvalue weighted by atomic mass is 9.85. The fourth-order valence-electron chi connectivity index (χ4n) is 5.09. The molecule has 5 rings (SSSR count). The van der Waals surface area contributed by atoms with E-state index in [9.17, 15) is 5.11 Å². The predicted molar refractivity (Wildman–Crippen MR) is 125 cm³/mol. The van der Waals surface area contributed by atoms with Gasteiger partial charge >= 0.3 is 0 Å². The first-order valence-corrected chi connectivity index (χ1v) is 11.7. The monoisotopic (exact) mass is 413 g/mol. The number of nitrogens with one attached hydrogen (secondary N) is 1. The van der Waals surface area contributed by atoms with Crippen LogP contribution >= 0.6 is 0 Å². The third kappa shape index (κ3) is 4.64. The minimum atomic E-state index is -0.685. The van der Waals surface area contributed by atoms with Crippen LogP contribution in [0.2, 0.25) is 0 Å². The highest BCUT2D eigenvalue weighted by Crippen LogP contribution is 2.34. The van der Waals surface area contributed by atoms with E-state index in [1.54, 1.807) is 0 Å². The highest BCUT2D eigenvalue weighted by molar-refractivity contribution is 5.69. The lowest BCUT2D eigenvalue weighted by Gasteiger charge is -2.25. The number of aromatic nitrogens is 2. The highest BCUT2D eigenvalue weighted by atomic mass is 16.3. The van der Waals surface area contributed by atoms with E-state index in [0.717, 1.165) is 47.7 Å². The molecule has 4 nitrogen and oxygen atoms in total. The van der Waals surface area contributed by atoms with Crippen molar-refractivity contribution < 1.29 is 5.11 Å². The maximum atomic E-state index is 10.8. The molecule has 1 heterocycles. The average Bonchev–Trinajstić information content (AvgIpc) is 2.81. The topological polar surface area (TPSA) is 58.0 Å². The molecule has 31 heavy (non-hydrogen) atoms. The molecule has 0 radical (unpaired) electrons. The van der Waals surface area contributed by atoms with Gasteiger partial charge in [-0.1, -0.05) is 86.7 Å². The highest BCUT2D eigenvalue weighted by Gasteiger charge is 2.24. The van der Waals surface area contributed by atoms with Gasteiger partial charge in [-0.15, -0.1) is 0 Å². The van der Waals surface area contributed by atoms with Gasteiger partial charge in [0.25, 0.3) is 0 Å². The molecule has 2 aromatic carbocycles. The van der Waals surface area contributed by atoms with Crippen LogP contribution in [0.3, 0.4) is 0 Å². The van der Waals surface area contributed by atoms with Gasteiger partial charge in [0.2, 0.25) is 0 Å². The number of aliphatic hydroxyl groups is 1. The van der Waals surface area contributed by atoms with Crippen molar-refractivity contribution in [1.29, 1.82) is 0 Å². The molecule has 0 spiro atoms. The zero-order valence-electron chi connectivity index (χ0n) is 18.1. The van der Waals surface area contributed by atoms with Crippen LogP contribution < -0.4 is 5.32 Å². The van der Waals surface area contributed by atoms with E-state index in [1.165, 1.54) is 43.2 Å². The molecule has 1 atom stereocenters. The van der Waals surface area contributed by atoms with Crippen molar-refractivity contribution >= 4 is 5.82 Å². The molecule has 2 aliphatic rings. The summed E-state index contributed by atoms with van der Waals surface area (Å²) in [6.07, 6.45) is 9.18. The van der Waals surface area contributed by atoms with Gasteiger partial charge < -0.3 is 10.4 Å². The number of fused-ring (bicyclic) bond motifs is 3. The van der Waals surface area contributed by atoms with E-state index >= 15 is 0 Å². The van der Waals surface area contributed by atoms with Crippen LogP contribution in [0.15, 0.2) is 54.6 Å². The minimum Gasteiger partial charge on any atom is -0.373 e. The zero-order chi connectivity index (χ0) is 21.0. The smallest absolute Gasteiger partial charge is 0.150 e. The molecule has 0 amide bonds. The van der Waals surface area contributed by atoms with E-state index in [-0.39, 0.29) is 0 Å². The molecule has 0 bridgehead atoms. The standard InChI is InChI=1S/C27H31N3O/c31-25(18-20-11-5-2-6-12-20)30-27-24(17-19-9-3-1-4-10-19)28-26-22-14-8-7-13-21(22)15-16-23(26)29-27/h2,5-8,11-14,19,25,31H,1,3-4,9-10,15-18H2,(H,29,30). The van der Waals surface area contributed by atoms with Gasteiger partial charge in [-0.05, 0) is 36.3 Å². The molecule has 1 fully saturated rings. The molecule has 2 N–H and O–H groups in total. The number of benzene rings is 2. The molecular formula is C27H31N3O. The summed E-state index contributed by atoms with van der Waals surface area (Å²) < 4.78 is 0. The van der Waals surface area contributed by atoms with Crippen molar-refractivity contribution in [3.63, 3.8) is 0 Å². The number of aliphatic hydroxyl groups excluding tert-OH is 1. The summed E-state index contributed by atoms with van der Waals surface area (Å²) in [7, 11) is 0. The van der Waals surface area contributed by atoms with E-state index in [0.29, 0.717) is 12.3 Å². The van der Waals surface area contributed by atoms with Crippen molar-refractivity contribution in [3.05, 3.63) is 77.1 Å². The Hall–Kier alpha value is -2.72. The molecule has 1 aromatic heterocycles. The third-order valence-corrected chi connectivity index (χ3v) is 6.73. The van der Waals surface area contributed by atoms with Gasteiger partial charge in [0.05, 0.1) is 17.1 Å². The Bertz CT molecular complexity index is 1030. The van der Waals surface area contributed by atoms with Crippen molar-refractivity contribution in [3.8, 4) is 11.3 Å². The van der Waals surface area contributed by atoms with Crippen molar-refractivity contribution in [2.45, 2.75) is 64.0 Å². The first-order valence-electron chi connectivity index (χ1n) is 11.7. The molecular weight excluding hydrogens is 382 g/mol. The first kappa shape index (κ1) is 20.2. The minimum absolute atomic E-state index is 0.547. The average molecular weight is 414 g/mol. The van der Waals surface area contributed by atoms with E-state index in [1.807, 2.05) is 30.3 Å². The van der Waals surface area contributed by atoms with Gasteiger partial charge in [0, 0.05) is 12.0 Å². The Balaban J connectivity index is 1.45. The molecule has 1 unspecified atom stereocenters. The largest absolute Gasteiger partial charge is 0.373 e. The summed E-state index contributed by atoms with van der Waals surface area (Å²) in [5, 5.41) is 14.1. The number of nitrogens with zero attached hydrogens (tertiary/aromatic N) is 2. The van der Waals surface area contributed by atoms with E-state index in [4.69, 9.17) is 9.97 Å². The van der Waals surface area contributed by atoms with Crippen LogP contribution in [0.5, 0.6) is 0 Å². The number of aryl methyl sites for hydroxylation is 2. The van der Waals surface area contributed by atoms with Crippen LogP contribution in [0.1, 0.15) is 54.6 Å². The number of hydrogen-bond acceptors (Lipinski definition) is 4. The van der Waals surface area contributed by atoms with Crippen molar-refractivity contribution in [1.82, 2.24) is 9.97 Å². The summed E-state index contributed by atoms with van der Waals surface area (Å²) >= 11 is 0. The SMILES string of the molecule is OC(Cc1ccccc1)Nc1nc2c(nc1CC1CCCCC1)-c1ccccc1CC2. The van der Waals surface area contributed by atoms with Crippen LogP contribution in [-0.4, -0.2) is 21.3 Å². The summed E-state index contributed by atoms with van der Waals surface area (Å²) in [5.41, 5.74) is 6.78. The Morgan fingerprint density at radius 1 is 0.903 bits per heavy atom. The predicted octanol–water partition coefficient (Wildman–Crippen LogP) is 5.34. The van der Waals surface area contributed by atoms with Gasteiger partial charge in [0.1, 0.15) is 12.0 Å². The van der Waals surface area contributed by atoms with Crippen LogP contribution in [0, 0.1) is 5.92 Å². The fourth-order valence-corrected chi connectivity index (χ4v) is 5.09.